The molecule has 2 aliphatic heterocycles. The van der Waals surface area contributed by atoms with E-state index >= 15 is 0 Å². The number of piperidine rings is 1. The number of rotatable bonds is 22. The Morgan fingerprint density at radius 2 is 1.22 bits per heavy atom. The first-order valence-electron chi connectivity index (χ1n) is 22.6. The Balaban J connectivity index is 1.02. The van der Waals surface area contributed by atoms with Gasteiger partial charge in [0.15, 0.2) is 0 Å². The van der Waals surface area contributed by atoms with Crippen molar-refractivity contribution in [2.75, 3.05) is 31.1 Å². The van der Waals surface area contributed by atoms with E-state index in [4.69, 9.17) is 5.11 Å². The Morgan fingerprint density at radius 1 is 0.698 bits per heavy atom. The summed E-state index contributed by atoms with van der Waals surface area (Å²) in [5, 5.41) is 56.3. The fourth-order valence-corrected chi connectivity index (χ4v) is 8.56. The summed E-state index contributed by atoms with van der Waals surface area (Å²) in [4.78, 5) is 55.7. The summed E-state index contributed by atoms with van der Waals surface area (Å²) in [6, 6.07) is 26.3. The minimum absolute atomic E-state index is 0.000268. The zero-order valence-electron chi connectivity index (χ0n) is 37.2. The number of aliphatic hydroxyl groups is 5. The van der Waals surface area contributed by atoms with Crippen molar-refractivity contribution in [2.45, 2.75) is 140 Å². The van der Waals surface area contributed by atoms with E-state index in [0.717, 1.165) is 72.9 Å². The van der Waals surface area contributed by atoms with Crippen molar-refractivity contribution in [1.82, 2.24) is 20.9 Å². The van der Waals surface area contributed by atoms with Gasteiger partial charge in [0, 0.05) is 50.2 Å². The first-order valence-corrected chi connectivity index (χ1v) is 22.6. The van der Waals surface area contributed by atoms with Gasteiger partial charge in [0.05, 0.1) is 24.2 Å². The molecule has 5 amide bonds. The number of anilines is 1. The zero-order valence-corrected chi connectivity index (χ0v) is 37.2. The molecule has 0 aliphatic carbocycles. The van der Waals surface area contributed by atoms with Crippen LogP contribution in [0.5, 0.6) is 0 Å². The van der Waals surface area contributed by atoms with Crippen LogP contribution in [0.25, 0.3) is 11.1 Å². The number of unbranched alkanes of at least 4 members (excludes halogenated alkanes) is 7. The van der Waals surface area contributed by atoms with Crippen LogP contribution in [-0.2, 0) is 20.9 Å². The third-order valence-corrected chi connectivity index (χ3v) is 12.3. The lowest BCUT2D eigenvalue weighted by molar-refractivity contribution is -0.144. The maximum absolute atomic E-state index is 14.3. The van der Waals surface area contributed by atoms with E-state index in [1.165, 1.54) is 0 Å². The molecule has 0 saturated carbocycles. The predicted molar refractivity (Wildman–Crippen MR) is 242 cm³/mol. The SMILES string of the molecule is CC(C)(C)NC(=O)N1CCC2(CC1)C(=O)N(c1ccc(CNC(=O)CCCCCCCCCCC(=O)NC[C@H](O)[C@@H](O)[C@H](O)[C@H](O)CO)cc1)C2c1ccc(-c2ccccc2)cc1. The van der Waals surface area contributed by atoms with Gasteiger partial charge in [-0.15, -0.1) is 0 Å². The number of carbonyl (C=O) groups is 4. The van der Waals surface area contributed by atoms with Crippen molar-refractivity contribution in [3.8, 4) is 11.1 Å². The fourth-order valence-electron chi connectivity index (χ4n) is 8.56. The largest absolute Gasteiger partial charge is 0.394 e. The van der Waals surface area contributed by atoms with Gasteiger partial charge >= 0.3 is 6.03 Å². The molecule has 1 unspecified atom stereocenters. The highest BCUT2D eigenvalue weighted by atomic mass is 16.4. The van der Waals surface area contributed by atoms with Gasteiger partial charge in [-0.25, -0.2) is 4.79 Å². The lowest BCUT2D eigenvalue weighted by Crippen LogP contribution is -2.67. The summed E-state index contributed by atoms with van der Waals surface area (Å²) in [5.74, 6) is -0.205. The lowest BCUT2D eigenvalue weighted by Gasteiger charge is -2.59. The number of hydrogen-bond acceptors (Lipinski definition) is 9. The molecule has 0 bridgehead atoms. The molecule has 3 aromatic rings. The zero-order chi connectivity index (χ0) is 45.6. The number of nitrogens with zero attached hydrogens (tertiary/aromatic N) is 2. The van der Waals surface area contributed by atoms with E-state index < -0.39 is 36.4 Å². The van der Waals surface area contributed by atoms with Crippen molar-refractivity contribution >= 4 is 29.4 Å². The van der Waals surface area contributed by atoms with E-state index in [1.54, 1.807) is 0 Å². The van der Waals surface area contributed by atoms with Crippen LogP contribution in [0, 0.1) is 5.41 Å². The Bertz CT molecular complexity index is 1910. The van der Waals surface area contributed by atoms with Gasteiger partial charge in [-0.05, 0) is 80.8 Å². The summed E-state index contributed by atoms with van der Waals surface area (Å²) >= 11 is 0. The second-order valence-electron chi connectivity index (χ2n) is 18.3. The number of amides is 5. The minimum Gasteiger partial charge on any atom is -0.394 e. The van der Waals surface area contributed by atoms with Gasteiger partial charge in [0.2, 0.25) is 17.7 Å². The van der Waals surface area contributed by atoms with Crippen LogP contribution in [0.4, 0.5) is 10.5 Å². The maximum Gasteiger partial charge on any atom is 0.317 e. The highest BCUT2D eigenvalue weighted by molar-refractivity contribution is 6.06. The Kier molecular flexibility index (Phi) is 18.1. The van der Waals surface area contributed by atoms with Crippen molar-refractivity contribution in [3.05, 3.63) is 90.0 Å². The molecule has 2 heterocycles. The molecule has 8 N–H and O–H groups in total. The third kappa shape index (κ3) is 13.6. The Hall–Kier alpha value is -4.86. The van der Waals surface area contributed by atoms with Crippen LogP contribution in [-0.4, -0.2) is 110 Å². The topological polar surface area (TPSA) is 212 Å². The number of likely N-dealkylation sites (tertiary alicyclic amines) is 1. The van der Waals surface area contributed by atoms with Crippen molar-refractivity contribution in [1.29, 1.82) is 0 Å². The van der Waals surface area contributed by atoms with E-state index in [0.29, 0.717) is 45.3 Å². The van der Waals surface area contributed by atoms with Crippen LogP contribution in [0.1, 0.15) is 115 Å². The van der Waals surface area contributed by atoms with E-state index in [2.05, 4.69) is 52.3 Å². The van der Waals surface area contributed by atoms with Crippen LogP contribution in [0.3, 0.4) is 0 Å². The standard InChI is InChI=1S/C49H69N5O9/c1-48(2,3)52-47(63)53-29-27-49(28-30-53)45(37-23-21-36(22-24-37)35-15-11-10-12-16-35)54(46(49)62)38-25-19-34(20-26-38)31-50-41(58)17-13-8-6-4-5-7-9-14-18-42(59)51-32-39(56)43(60)44(61)40(57)33-55/h10-12,15-16,19-26,39-40,43-45,55-57,60-61H,4-9,13-14,17-18,27-33H2,1-3H3,(H,50,58)(H,51,59)(H,52,63)/t39-,40+,43+,44+,45?/m0/s1. The first kappa shape index (κ1) is 49.2. The summed E-state index contributed by atoms with van der Waals surface area (Å²) in [7, 11) is 0. The molecule has 5 rings (SSSR count). The fraction of sp³-hybridized carbons (Fsp3) is 0.551. The lowest BCUT2D eigenvalue weighted by atomic mass is 9.62. The van der Waals surface area contributed by atoms with E-state index in [1.807, 2.05) is 73.0 Å². The average Bonchev–Trinajstić information content (AvgIpc) is 3.28. The number of aliphatic hydroxyl groups excluding tert-OH is 5. The van der Waals surface area contributed by atoms with E-state index in [-0.39, 0.29) is 48.3 Å². The van der Waals surface area contributed by atoms with Crippen LogP contribution in [0.2, 0.25) is 0 Å². The smallest absolute Gasteiger partial charge is 0.317 e. The first-order chi connectivity index (χ1) is 30.1. The molecule has 0 radical (unpaired) electrons. The molecular weight excluding hydrogens is 803 g/mol. The van der Waals surface area contributed by atoms with Gasteiger partial charge in [0.25, 0.3) is 0 Å². The number of benzene rings is 3. The van der Waals surface area contributed by atoms with Crippen molar-refractivity contribution in [3.63, 3.8) is 0 Å². The van der Waals surface area contributed by atoms with Gasteiger partial charge in [-0.2, -0.15) is 0 Å². The second kappa shape index (κ2) is 23.2. The summed E-state index contributed by atoms with van der Waals surface area (Å²) in [6.45, 7) is 6.24. The molecule has 3 aromatic carbocycles. The monoisotopic (exact) mass is 872 g/mol. The van der Waals surface area contributed by atoms with Gasteiger partial charge in [-0.3, -0.25) is 14.4 Å². The van der Waals surface area contributed by atoms with Crippen molar-refractivity contribution < 1.29 is 44.7 Å². The Morgan fingerprint density at radius 3 is 1.78 bits per heavy atom. The number of nitrogens with one attached hydrogen (secondary N) is 3. The number of urea groups is 1. The molecular formula is C49H69N5O9. The van der Waals surface area contributed by atoms with Crippen molar-refractivity contribution in [2.24, 2.45) is 5.41 Å². The summed E-state index contributed by atoms with van der Waals surface area (Å²) < 4.78 is 0. The quantitative estimate of drug-likeness (QED) is 0.0498. The molecule has 1 spiro atoms. The maximum atomic E-state index is 14.3. The third-order valence-electron chi connectivity index (χ3n) is 12.3. The molecule has 2 fully saturated rings. The number of β-lactam (4-membered cyclic amide) rings is 1. The number of hydrogen-bond donors (Lipinski definition) is 8. The van der Waals surface area contributed by atoms with Gasteiger partial charge in [-0.1, -0.05) is 105 Å². The van der Waals surface area contributed by atoms with Crippen LogP contribution >= 0.6 is 0 Å². The normalized spacial score (nSPS) is 18.0. The molecule has 63 heavy (non-hydrogen) atoms. The van der Waals surface area contributed by atoms with Gasteiger partial charge in [0.1, 0.15) is 18.3 Å². The molecule has 5 atom stereocenters. The molecule has 14 heteroatoms. The molecule has 344 valence electrons. The second-order valence-corrected chi connectivity index (χ2v) is 18.3. The van der Waals surface area contributed by atoms with Gasteiger partial charge < -0.3 is 51.3 Å². The van der Waals surface area contributed by atoms with Crippen LogP contribution < -0.4 is 20.9 Å². The highest BCUT2D eigenvalue weighted by Gasteiger charge is 2.62. The minimum atomic E-state index is -1.73. The molecule has 2 saturated heterocycles. The molecule has 0 aromatic heterocycles. The average molecular weight is 872 g/mol. The van der Waals surface area contributed by atoms with E-state index in [9.17, 15) is 39.6 Å². The Labute approximate surface area is 372 Å². The molecule has 2 aliphatic rings. The highest BCUT2D eigenvalue weighted by Crippen LogP contribution is 2.57. The predicted octanol–water partition coefficient (Wildman–Crippen LogP) is 5.10. The summed E-state index contributed by atoms with van der Waals surface area (Å²) in [5.41, 5.74) is 4.09. The molecule has 14 nitrogen and oxygen atoms in total. The van der Waals surface area contributed by atoms with Crippen LogP contribution in [0.15, 0.2) is 78.9 Å². The summed E-state index contributed by atoms with van der Waals surface area (Å²) in [6.07, 6.45) is 2.74. The number of carbonyl (C=O) groups excluding carboxylic acids is 4.